The van der Waals surface area contributed by atoms with E-state index in [-0.39, 0.29) is 5.69 Å². The Kier molecular flexibility index (Phi) is 3.13. The molecule has 2 N–H and O–H groups in total. The van der Waals surface area contributed by atoms with Crippen molar-refractivity contribution in [3.05, 3.63) is 69.8 Å². The van der Waals surface area contributed by atoms with Gasteiger partial charge in [0.15, 0.2) is 11.7 Å². The first kappa shape index (κ1) is 14.1. The van der Waals surface area contributed by atoms with Gasteiger partial charge in [0.05, 0.1) is 16.0 Å². The van der Waals surface area contributed by atoms with E-state index in [2.05, 4.69) is 20.8 Å². The summed E-state index contributed by atoms with van der Waals surface area (Å²) in [6.07, 6.45) is 0. The fourth-order valence-corrected chi connectivity index (χ4v) is 2.81. The van der Waals surface area contributed by atoms with E-state index in [0.29, 0.717) is 22.9 Å². The summed E-state index contributed by atoms with van der Waals surface area (Å²) >= 11 is 0. The van der Waals surface area contributed by atoms with E-state index in [4.69, 9.17) is 0 Å². The van der Waals surface area contributed by atoms with Crippen LogP contribution < -0.4 is 10.9 Å². The van der Waals surface area contributed by atoms with E-state index < -0.39 is 4.92 Å². The quantitative estimate of drug-likeness (QED) is 0.557. The largest absolute Gasteiger partial charge is 0.282 e. The highest BCUT2D eigenvalue weighted by Gasteiger charge is 2.22. The fourth-order valence-electron chi connectivity index (χ4n) is 2.81. The molecule has 24 heavy (non-hydrogen) atoms. The number of anilines is 1. The van der Waals surface area contributed by atoms with Gasteiger partial charge in [0, 0.05) is 11.5 Å². The SMILES string of the molecule is Cc1c2c(nc3ccccc13)NNC(c1ccccc1[N+](=O)[O-])=N2. The molecule has 0 atom stereocenters. The minimum Gasteiger partial charge on any atom is -0.282 e. The molecule has 118 valence electrons. The molecule has 1 aliphatic heterocycles. The number of aliphatic imine (C=N–C) groups is 1. The van der Waals surface area contributed by atoms with Gasteiger partial charge in [0.25, 0.3) is 5.69 Å². The second kappa shape index (κ2) is 5.31. The number of rotatable bonds is 2. The van der Waals surface area contributed by atoms with Crippen LogP contribution in [-0.4, -0.2) is 15.7 Å². The summed E-state index contributed by atoms with van der Waals surface area (Å²) in [5.41, 5.74) is 8.85. The number of aryl methyl sites for hydroxylation is 1. The van der Waals surface area contributed by atoms with E-state index in [9.17, 15) is 10.1 Å². The van der Waals surface area contributed by atoms with Crippen LogP contribution in [0.5, 0.6) is 0 Å². The van der Waals surface area contributed by atoms with Crippen LogP contribution in [0.2, 0.25) is 0 Å². The average Bonchev–Trinajstić information content (AvgIpc) is 2.62. The van der Waals surface area contributed by atoms with E-state index in [0.717, 1.165) is 16.5 Å². The fraction of sp³-hybridized carbons (Fsp3) is 0.0588. The number of hydrazine groups is 1. The maximum Gasteiger partial charge on any atom is 0.280 e. The Bertz CT molecular complexity index is 1010. The number of pyridine rings is 1. The molecule has 0 unspecified atom stereocenters. The van der Waals surface area contributed by atoms with Gasteiger partial charge in [-0.1, -0.05) is 30.3 Å². The van der Waals surface area contributed by atoms with Gasteiger partial charge in [-0.2, -0.15) is 0 Å². The van der Waals surface area contributed by atoms with Crippen LogP contribution in [0.4, 0.5) is 17.2 Å². The maximum atomic E-state index is 11.2. The van der Waals surface area contributed by atoms with Gasteiger partial charge in [-0.15, -0.1) is 0 Å². The topological polar surface area (TPSA) is 92.5 Å². The van der Waals surface area contributed by atoms with Crippen molar-refractivity contribution in [2.24, 2.45) is 4.99 Å². The normalized spacial score (nSPS) is 12.8. The lowest BCUT2D eigenvalue weighted by molar-refractivity contribution is -0.385. The summed E-state index contributed by atoms with van der Waals surface area (Å²) in [6, 6.07) is 14.3. The van der Waals surface area contributed by atoms with Crippen LogP contribution in [-0.2, 0) is 0 Å². The zero-order chi connectivity index (χ0) is 16.7. The van der Waals surface area contributed by atoms with Gasteiger partial charge in [0.1, 0.15) is 5.69 Å². The number of hydrogen-bond acceptors (Lipinski definition) is 6. The number of para-hydroxylation sites is 2. The molecule has 0 spiro atoms. The van der Waals surface area contributed by atoms with Crippen LogP contribution in [0, 0.1) is 17.0 Å². The molecule has 3 aromatic rings. The Morgan fingerprint density at radius 1 is 1.04 bits per heavy atom. The predicted molar refractivity (Wildman–Crippen MR) is 92.5 cm³/mol. The molecule has 7 heteroatoms. The van der Waals surface area contributed by atoms with Gasteiger partial charge >= 0.3 is 0 Å². The first-order valence-electron chi connectivity index (χ1n) is 7.39. The molecule has 0 saturated carbocycles. The number of nitro benzene ring substituents is 1. The molecule has 1 aliphatic rings. The molecular formula is C17H13N5O2. The maximum absolute atomic E-state index is 11.2. The smallest absolute Gasteiger partial charge is 0.280 e. The van der Waals surface area contributed by atoms with Crippen molar-refractivity contribution in [1.29, 1.82) is 0 Å². The van der Waals surface area contributed by atoms with E-state index in [1.807, 2.05) is 31.2 Å². The van der Waals surface area contributed by atoms with Gasteiger partial charge < -0.3 is 0 Å². The van der Waals surface area contributed by atoms with Crippen molar-refractivity contribution in [3.63, 3.8) is 0 Å². The molecule has 4 rings (SSSR count). The molecule has 2 aromatic carbocycles. The standard InChI is InChI=1S/C17H13N5O2/c1-10-11-6-2-4-8-13(11)18-17-15(10)19-16(20-21-17)12-7-3-5-9-14(12)22(23)24/h2-9H,1H3,(H,18,21)(H,19,20). The van der Waals surface area contributed by atoms with Crippen molar-refractivity contribution in [2.75, 3.05) is 5.43 Å². The first-order chi connectivity index (χ1) is 11.6. The lowest BCUT2D eigenvalue weighted by atomic mass is 10.1. The summed E-state index contributed by atoms with van der Waals surface area (Å²) in [4.78, 5) is 20.0. The minimum absolute atomic E-state index is 0.000372. The monoisotopic (exact) mass is 319 g/mol. The molecule has 0 amide bonds. The number of fused-ring (bicyclic) bond motifs is 2. The summed E-state index contributed by atoms with van der Waals surface area (Å²) in [7, 11) is 0. The van der Waals surface area contributed by atoms with Crippen LogP contribution in [0.15, 0.2) is 53.5 Å². The minimum atomic E-state index is -0.416. The summed E-state index contributed by atoms with van der Waals surface area (Å²) in [5, 5.41) is 12.2. The van der Waals surface area contributed by atoms with Crippen LogP contribution in [0.25, 0.3) is 10.9 Å². The Morgan fingerprint density at radius 3 is 2.62 bits per heavy atom. The number of nitrogens with zero attached hydrogens (tertiary/aromatic N) is 3. The van der Waals surface area contributed by atoms with Crippen molar-refractivity contribution in [2.45, 2.75) is 6.92 Å². The molecule has 1 aromatic heterocycles. The second-order valence-corrected chi connectivity index (χ2v) is 5.44. The van der Waals surface area contributed by atoms with Gasteiger partial charge in [-0.25, -0.2) is 9.98 Å². The van der Waals surface area contributed by atoms with E-state index >= 15 is 0 Å². The molecule has 0 radical (unpaired) electrons. The Hall–Kier alpha value is -3.48. The lowest BCUT2D eigenvalue weighted by Crippen LogP contribution is -2.33. The lowest BCUT2D eigenvalue weighted by Gasteiger charge is -2.21. The molecule has 0 saturated heterocycles. The van der Waals surface area contributed by atoms with Gasteiger partial charge in [-0.05, 0) is 24.6 Å². The van der Waals surface area contributed by atoms with Crippen LogP contribution >= 0.6 is 0 Å². The average molecular weight is 319 g/mol. The van der Waals surface area contributed by atoms with E-state index in [1.54, 1.807) is 18.2 Å². The van der Waals surface area contributed by atoms with Crippen molar-refractivity contribution in [1.82, 2.24) is 10.4 Å². The number of hydrogen-bond donors (Lipinski definition) is 2. The number of nitro groups is 1. The Morgan fingerprint density at radius 2 is 1.79 bits per heavy atom. The summed E-state index contributed by atoms with van der Waals surface area (Å²) in [5.74, 6) is 1.00. The molecule has 0 fully saturated rings. The predicted octanol–water partition coefficient (Wildman–Crippen LogP) is 3.46. The Labute approximate surface area is 137 Å². The number of aromatic nitrogens is 1. The third-order valence-corrected chi connectivity index (χ3v) is 4.00. The molecular weight excluding hydrogens is 306 g/mol. The number of benzene rings is 2. The first-order valence-corrected chi connectivity index (χ1v) is 7.39. The number of amidine groups is 1. The van der Waals surface area contributed by atoms with Crippen molar-refractivity contribution < 1.29 is 4.92 Å². The highest BCUT2D eigenvalue weighted by atomic mass is 16.6. The van der Waals surface area contributed by atoms with Gasteiger partial charge in [-0.3, -0.25) is 21.0 Å². The van der Waals surface area contributed by atoms with Crippen molar-refractivity contribution >= 4 is 33.9 Å². The molecule has 2 heterocycles. The van der Waals surface area contributed by atoms with Crippen LogP contribution in [0.1, 0.15) is 11.1 Å². The van der Waals surface area contributed by atoms with Crippen molar-refractivity contribution in [3.8, 4) is 0 Å². The summed E-state index contributed by atoms with van der Waals surface area (Å²) in [6.45, 7) is 1.97. The molecule has 0 aliphatic carbocycles. The number of nitrogens with one attached hydrogen (secondary N) is 2. The highest BCUT2D eigenvalue weighted by molar-refractivity contribution is 6.07. The Balaban J connectivity index is 1.92. The zero-order valence-corrected chi connectivity index (χ0v) is 12.8. The van der Waals surface area contributed by atoms with Crippen LogP contribution in [0.3, 0.4) is 0 Å². The van der Waals surface area contributed by atoms with E-state index in [1.165, 1.54) is 6.07 Å². The molecule has 0 bridgehead atoms. The zero-order valence-electron chi connectivity index (χ0n) is 12.8. The van der Waals surface area contributed by atoms with Gasteiger partial charge in [0.2, 0.25) is 0 Å². The highest BCUT2D eigenvalue weighted by Crippen LogP contribution is 2.35. The molecule has 7 nitrogen and oxygen atoms in total. The second-order valence-electron chi connectivity index (χ2n) is 5.44. The summed E-state index contributed by atoms with van der Waals surface area (Å²) < 4.78 is 0. The third kappa shape index (κ3) is 2.14. The third-order valence-electron chi connectivity index (χ3n) is 4.00.